The van der Waals surface area contributed by atoms with Crippen LogP contribution in [0.4, 0.5) is 13.2 Å². The Balaban J connectivity index is 2.79. The van der Waals surface area contributed by atoms with Crippen LogP contribution in [0.1, 0.15) is 18.1 Å². The maximum atomic E-state index is 12.2. The van der Waals surface area contributed by atoms with E-state index in [-0.39, 0.29) is 15.6 Å². The minimum atomic E-state index is -4.54. The summed E-state index contributed by atoms with van der Waals surface area (Å²) in [5.41, 5.74) is 5.12. The standard InChI is InChI=1S/C10H10Cl2F3NO/c11-6-1-5(2-7(12)3-6)8(17)4-9(16)10(13,14)15/h1-3,8-9,17H,4,16H2/t8-,9+/m1/s1. The number of nitrogens with two attached hydrogens (primary N) is 1. The Morgan fingerprint density at radius 3 is 2.06 bits per heavy atom. The van der Waals surface area contributed by atoms with Gasteiger partial charge in [-0.1, -0.05) is 23.2 Å². The van der Waals surface area contributed by atoms with E-state index in [9.17, 15) is 18.3 Å². The molecule has 2 atom stereocenters. The third kappa shape index (κ3) is 4.35. The van der Waals surface area contributed by atoms with Crippen LogP contribution in [0.2, 0.25) is 10.0 Å². The van der Waals surface area contributed by atoms with Crippen molar-refractivity contribution < 1.29 is 18.3 Å². The molecule has 0 heterocycles. The largest absolute Gasteiger partial charge is 0.403 e. The van der Waals surface area contributed by atoms with Gasteiger partial charge in [0.2, 0.25) is 0 Å². The quantitative estimate of drug-likeness (QED) is 0.896. The van der Waals surface area contributed by atoms with Crippen molar-refractivity contribution in [3.63, 3.8) is 0 Å². The van der Waals surface area contributed by atoms with Crippen molar-refractivity contribution in [1.29, 1.82) is 0 Å². The van der Waals surface area contributed by atoms with E-state index in [1.807, 2.05) is 0 Å². The van der Waals surface area contributed by atoms with E-state index < -0.39 is 24.7 Å². The highest BCUT2D eigenvalue weighted by atomic mass is 35.5. The average Bonchev–Trinajstić information content (AvgIpc) is 2.14. The number of aliphatic hydroxyl groups excluding tert-OH is 1. The minimum absolute atomic E-state index is 0.210. The van der Waals surface area contributed by atoms with Gasteiger partial charge in [-0.3, -0.25) is 0 Å². The highest BCUT2D eigenvalue weighted by molar-refractivity contribution is 6.34. The number of benzene rings is 1. The van der Waals surface area contributed by atoms with E-state index in [1.54, 1.807) is 0 Å². The number of rotatable bonds is 3. The fraction of sp³-hybridized carbons (Fsp3) is 0.400. The van der Waals surface area contributed by atoms with Gasteiger partial charge in [0.05, 0.1) is 6.10 Å². The fourth-order valence-electron chi connectivity index (χ4n) is 1.28. The van der Waals surface area contributed by atoms with Gasteiger partial charge in [-0.2, -0.15) is 13.2 Å². The lowest BCUT2D eigenvalue weighted by atomic mass is 10.0. The fourth-order valence-corrected chi connectivity index (χ4v) is 1.82. The molecule has 0 saturated carbocycles. The summed E-state index contributed by atoms with van der Waals surface area (Å²) in [6.07, 6.45) is -6.54. The summed E-state index contributed by atoms with van der Waals surface area (Å²) >= 11 is 11.3. The lowest BCUT2D eigenvalue weighted by Gasteiger charge is -2.19. The van der Waals surface area contributed by atoms with E-state index >= 15 is 0 Å². The topological polar surface area (TPSA) is 46.2 Å². The summed E-state index contributed by atoms with van der Waals surface area (Å²) in [4.78, 5) is 0. The van der Waals surface area contributed by atoms with Crippen LogP contribution in [0.15, 0.2) is 18.2 Å². The molecule has 3 N–H and O–H groups in total. The summed E-state index contributed by atoms with van der Waals surface area (Å²) in [7, 11) is 0. The molecule has 0 aliphatic heterocycles. The van der Waals surface area contributed by atoms with Gasteiger partial charge in [0.25, 0.3) is 0 Å². The van der Waals surface area contributed by atoms with Gasteiger partial charge in [-0.15, -0.1) is 0 Å². The van der Waals surface area contributed by atoms with Gasteiger partial charge in [0.15, 0.2) is 0 Å². The van der Waals surface area contributed by atoms with Crippen molar-refractivity contribution in [3.8, 4) is 0 Å². The predicted octanol–water partition coefficient (Wildman–Crippen LogP) is 3.31. The SMILES string of the molecule is N[C@@H](C[C@@H](O)c1cc(Cl)cc(Cl)c1)C(F)(F)F. The van der Waals surface area contributed by atoms with E-state index in [4.69, 9.17) is 28.9 Å². The molecule has 0 aliphatic carbocycles. The molecule has 0 aromatic heterocycles. The van der Waals surface area contributed by atoms with Crippen LogP contribution in [-0.2, 0) is 0 Å². The molecule has 0 aliphatic rings. The molecular weight excluding hydrogens is 278 g/mol. The molecule has 1 rings (SSSR count). The highest BCUT2D eigenvalue weighted by Crippen LogP contribution is 2.29. The summed E-state index contributed by atoms with van der Waals surface area (Å²) in [6, 6.07) is 2.03. The molecular formula is C10H10Cl2F3NO. The zero-order valence-electron chi connectivity index (χ0n) is 8.51. The second-order valence-corrected chi connectivity index (χ2v) is 4.48. The Kier molecular flexibility index (Phi) is 4.66. The van der Waals surface area contributed by atoms with E-state index in [0.29, 0.717) is 0 Å². The summed E-state index contributed by atoms with van der Waals surface area (Å²) in [5.74, 6) is 0. The van der Waals surface area contributed by atoms with Crippen molar-refractivity contribution in [2.24, 2.45) is 5.73 Å². The first-order valence-corrected chi connectivity index (χ1v) is 5.42. The van der Waals surface area contributed by atoms with Gasteiger partial charge in [-0.05, 0) is 23.8 Å². The summed E-state index contributed by atoms with van der Waals surface area (Å²) in [5, 5.41) is 10.1. The molecule has 7 heteroatoms. The normalized spacial score (nSPS) is 15.7. The van der Waals surface area contributed by atoms with Gasteiger partial charge >= 0.3 is 6.18 Å². The molecule has 2 nitrogen and oxygen atoms in total. The molecule has 1 aromatic carbocycles. The summed E-state index contributed by atoms with van der Waals surface area (Å²) < 4.78 is 36.6. The third-order valence-corrected chi connectivity index (χ3v) is 2.60. The van der Waals surface area contributed by atoms with E-state index in [1.165, 1.54) is 18.2 Å². The van der Waals surface area contributed by atoms with Gasteiger partial charge < -0.3 is 10.8 Å². The lowest BCUT2D eigenvalue weighted by molar-refractivity contribution is -0.153. The van der Waals surface area contributed by atoms with Gasteiger partial charge in [0, 0.05) is 16.5 Å². The lowest BCUT2D eigenvalue weighted by Crippen LogP contribution is -2.38. The van der Waals surface area contributed by atoms with Crippen LogP contribution >= 0.6 is 23.2 Å². The minimum Gasteiger partial charge on any atom is -0.388 e. The van der Waals surface area contributed by atoms with Crippen LogP contribution in [0, 0.1) is 0 Å². The van der Waals surface area contributed by atoms with Crippen LogP contribution in [-0.4, -0.2) is 17.3 Å². The molecule has 96 valence electrons. The average molecular weight is 288 g/mol. The van der Waals surface area contributed by atoms with Crippen LogP contribution in [0.3, 0.4) is 0 Å². The Labute approximate surface area is 106 Å². The maximum Gasteiger partial charge on any atom is 0.403 e. The molecule has 0 unspecified atom stereocenters. The van der Waals surface area contributed by atoms with Crippen LogP contribution < -0.4 is 5.73 Å². The van der Waals surface area contributed by atoms with E-state index in [2.05, 4.69) is 0 Å². The number of aliphatic hydroxyl groups is 1. The molecule has 0 bridgehead atoms. The molecule has 0 radical (unpaired) electrons. The van der Waals surface area contributed by atoms with E-state index in [0.717, 1.165) is 0 Å². The smallest absolute Gasteiger partial charge is 0.388 e. The Morgan fingerprint density at radius 2 is 1.65 bits per heavy atom. The monoisotopic (exact) mass is 287 g/mol. The van der Waals surface area contributed by atoms with Crippen LogP contribution in [0.25, 0.3) is 0 Å². The second-order valence-electron chi connectivity index (χ2n) is 3.60. The molecule has 0 fully saturated rings. The van der Waals surface area contributed by atoms with Crippen molar-refractivity contribution >= 4 is 23.2 Å². The Hall–Kier alpha value is -0.490. The first kappa shape index (κ1) is 14.6. The van der Waals surface area contributed by atoms with Gasteiger partial charge in [0.1, 0.15) is 6.04 Å². The first-order valence-electron chi connectivity index (χ1n) is 4.66. The molecule has 0 spiro atoms. The molecule has 0 saturated heterocycles. The second kappa shape index (κ2) is 5.44. The van der Waals surface area contributed by atoms with Gasteiger partial charge in [-0.25, -0.2) is 0 Å². The van der Waals surface area contributed by atoms with Crippen molar-refractivity contribution in [2.45, 2.75) is 24.7 Å². The number of hydrogen-bond donors (Lipinski definition) is 2. The number of alkyl halides is 3. The number of halogens is 5. The zero-order valence-corrected chi connectivity index (χ0v) is 10.0. The highest BCUT2D eigenvalue weighted by Gasteiger charge is 2.37. The zero-order chi connectivity index (χ0) is 13.2. The third-order valence-electron chi connectivity index (χ3n) is 2.17. The first-order chi connectivity index (χ1) is 7.70. The predicted molar refractivity (Wildman–Crippen MR) is 60.1 cm³/mol. The van der Waals surface area contributed by atoms with Crippen molar-refractivity contribution in [3.05, 3.63) is 33.8 Å². The Morgan fingerprint density at radius 1 is 1.18 bits per heavy atom. The van der Waals surface area contributed by atoms with Crippen molar-refractivity contribution in [1.82, 2.24) is 0 Å². The Bertz CT molecular complexity index is 377. The molecule has 1 aromatic rings. The van der Waals surface area contributed by atoms with Crippen LogP contribution in [0.5, 0.6) is 0 Å². The number of hydrogen-bond acceptors (Lipinski definition) is 2. The molecule has 17 heavy (non-hydrogen) atoms. The van der Waals surface area contributed by atoms with Crippen molar-refractivity contribution in [2.75, 3.05) is 0 Å². The molecule has 0 amide bonds. The maximum absolute atomic E-state index is 12.2. The summed E-state index contributed by atoms with van der Waals surface area (Å²) in [6.45, 7) is 0.